The summed E-state index contributed by atoms with van der Waals surface area (Å²) in [7, 11) is 0. The number of ether oxygens (including phenoxy) is 1. The topological polar surface area (TPSA) is 46.5 Å². The third-order valence-corrected chi connectivity index (χ3v) is 7.98. The van der Waals surface area contributed by atoms with E-state index < -0.39 is 0 Å². The molecule has 22 heavy (non-hydrogen) atoms. The smallest absolute Gasteiger partial charge is 0.306 e. The summed E-state index contributed by atoms with van der Waals surface area (Å²) >= 11 is 0. The third kappa shape index (κ3) is 2.07. The lowest BCUT2D eigenvalue weighted by Gasteiger charge is -2.61. The molecule has 1 heterocycles. The van der Waals surface area contributed by atoms with E-state index in [1.165, 1.54) is 25.7 Å². The number of hydrogen-bond acceptors (Lipinski definition) is 3. The summed E-state index contributed by atoms with van der Waals surface area (Å²) in [6.45, 7) is 4.68. The van der Waals surface area contributed by atoms with E-state index in [-0.39, 0.29) is 17.7 Å². The van der Waals surface area contributed by atoms with Gasteiger partial charge in [0.15, 0.2) is 0 Å². The lowest BCUT2D eigenvalue weighted by atomic mass is 9.46. The first-order valence-electron chi connectivity index (χ1n) is 9.32. The summed E-state index contributed by atoms with van der Waals surface area (Å²) in [6.07, 6.45) is 9.52. The third-order valence-electron chi connectivity index (χ3n) is 7.98. The molecule has 0 bridgehead atoms. The molecule has 3 saturated carbocycles. The fourth-order valence-corrected chi connectivity index (χ4v) is 6.75. The van der Waals surface area contributed by atoms with Gasteiger partial charge in [0.25, 0.3) is 0 Å². The van der Waals surface area contributed by atoms with E-state index in [2.05, 4.69) is 13.8 Å². The number of rotatable bonds is 0. The van der Waals surface area contributed by atoms with E-state index >= 15 is 0 Å². The molecule has 4 aliphatic rings. The summed E-state index contributed by atoms with van der Waals surface area (Å²) in [5.74, 6) is 2.77. The van der Waals surface area contributed by atoms with Gasteiger partial charge in [-0.2, -0.15) is 0 Å². The largest absolute Gasteiger partial charge is 0.459 e. The molecule has 3 heteroatoms. The lowest BCUT2D eigenvalue weighted by Crippen LogP contribution is -2.58. The van der Waals surface area contributed by atoms with Crippen LogP contribution < -0.4 is 0 Å². The first kappa shape index (κ1) is 15.0. The Labute approximate surface area is 133 Å². The summed E-state index contributed by atoms with van der Waals surface area (Å²) in [4.78, 5) is 11.8. The second kappa shape index (κ2) is 4.96. The van der Waals surface area contributed by atoms with Crippen LogP contribution in [0.4, 0.5) is 0 Å². The molecule has 0 unspecified atom stereocenters. The van der Waals surface area contributed by atoms with Crippen LogP contribution in [-0.4, -0.2) is 22.8 Å². The van der Waals surface area contributed by atoms with Crippen molar-refractivity contribution in [1.29, 1.82) is 0 Å². The van der Waals surface area contributed by atoms with Crippen molar-refractivity contribution in [3.05, 3.63) is 0 Å². The van der Waals surface area contributed by atoms with Gasteiger partial charge in [0.1, 0.15) is 5.60 Å². The maximum atomic E-state index is 11.8. The van der Waals surface area contributed by atoms with E-state index in [9.17, 15) is 9.90 Å². The number of aliphatic hydroxyl groups excluding tert-OH is 1. The fourth-order valence-electron chi connectivity index (χ4n) is 6.75. The molecule has 1 saturated heterocycles. The Morgan fingerprint density at radius 1 is 1.05 bits per heavy atom. The zero-order valence-corrected chi connectivity index (χ0v) is 14.0. The molecular formula is C19H30O3. The Hall–Kier alpha value is -0.570. The van der Waals surface area contributed by atoms with Crippen molar-refractivity contribution in [3.63, 3.8) is 0 Å². The van der Waals surface area contributed by atoms with Crippen molar-refractivity contribution in [2.24, 2.45) is 29.1 Å². The highest BCUT2D eigenvalue weighted by Crippen LogP contribution is 2.63. The normalized spacial score (nSPS) is 54.7. The Morgan fingerprint density at radius 2 is 1.86 bits per heavy atom. The first-order valence-corrected chi connectivity index (χ1v) is 9.32. The second-order valence-electron chi connectivity index (χ2n) is 8.95. The van der Waals surface area contributed by atoms with Crippen LogP contribution in [0.3, 0.4) is 0 Å². The van der Waals surface area contributed by atoms with Gasteiger partial charge >= 0.3 is 5.97 Å². The predicted molar refractivity (Wildman–Crippen MR) is 84.1 cm³/mol. The SMILES string of the molecule is C[C@]12CC[C@H](O)C[C@@H]1CC[C@@H]1[C@@H]2CC[C@@]2(C)OC(=O)CC[C@@H]12. The summed E-state index contributed by atoms with van der Waals surface area (Å²) in [5.41, 5.74) is 0.207. The van der Waals surface area contributed by atoms with Crippen LogP contribution in [0.5, 0.6) is 0 Å². The van der Waals surface area contributed by atoms with Crippen molar-refractivity contribution in [3.8, 4) is 0 Å². The van der Waals surface area contributed by atoms with Crippen LogP contribution in [0.1, 0.15) is 71.6 Å². The number of fused-ring (bicyclic) bond motifs is 5. The minimum atomic E-state index is -0.201. The quantitative estimate of drug-likeness (QED) is 0.694. The minimum Gasteiger partial charge on any atom is -0.459 e. The van der Waals surface area contributed by atoms with Crippen molar-refractivity contribution >= 4 is 5.97 Å². The van der Waals surface area contributed by atoms with Crippen LogP contribution in [0.2, 0.25) is 0 Å². The second-order valence-corrected chi connectivity index (χ2v) is 8.95. The van der Waals surface area contributed by atoms with Gasteiger partial charge in [-0.05, 0) is 81.5 Å². The Kier molecular flexibility index (Phi) is 3.38. The van der Waals surface area contributed by atoms with Crippen molar-refractivity contribution < 1.29 is 14.6 Å². The molecule has 4 rings (SSSR count). The molecule has 0 amide bonds. The molecule has 0 radical (unpaired) electrons. The lowest BCUT2D eigenvalue weighted by molar-refractivity contribution is -0.204. The van der Waals surface area contributed by atoms with E-state index in [1.54, 1.807) is 0 Å². The molecule has 4 fully saturated rings. The number of carbonyl (C=O) groups excluding carboxylic acids is 1. The standard InChI is InChI=1S/C19H30O3/c1-18-9-7-13(20)11-12(18)3-4-14-15(18)8-10-19(2)16(14)5-6-17(21)22-19/h12-16,20H,3-11H2,1-2H3/t12-,13-,14+,15-,16-,18-,19+/m0/s1. The highest BCUT2D eigenvalue weighted by molar-refractivity contribution is 5.70. The molecule has 1 N–H and O–H groups in total. The van der Waals surface area contributed by atoms with Gasteiger partial charge in [0.2, 0.25) is 0 Å². The Bertz CT molecular complexity index is 475. The van der Waals surface area contributed by atoms with E-state index in [0.29, 0.717) is 23.7 Å². The van der Waals surface area contributed by atoms with Crippen LogP contribution in [0, 0.1) is 29.1 Å². The minimum absolute atomic E-state index is 0.0119. The van der Waals surface area contributed by atoms with Gasteiger partial charge in [-0.3, -0.25) is 4.79 Å². The van der Waals surface area contributed by atoms with E-state index in [4.69, 9.17) is 4.74 Å². The Morgan fingerprint density at radius 3 is 2.68 bits per heavy atom. The number of esters is 1. The highest BCUT2D eigenvalue weighted by Gasteiger charge is 2.58. The molecule has 1 aliphatic heterocycles. The van der Waals surface area contributed by atoms with Gasteiger partial charge in [-0.1, -0.05) is 6.92 Å². The predicted octanol–water partition coefficient (Wildman–Crippen LogP) is 3.69. The van der Waals surface area contributed by atoms with Crippen LogP contribution in [0.25, 0.3) is 0 Å². The maximum Gasteiger partial charge on any atom is 0.306 e. The van der Waals surface area contributed by atoms with Gasteiger partial charge < -0.3 is 9.84 Å². The highest BCUT2D eigenvalue weighted by atomic mass is 16.6. The van der Waals surface area contributed by atoms with Gasteiger partial charge in [-0.25, -0.2) is 0 Å². The van der Waals surface area contributed by atoms with Crippen LogP contribution >= 0.6 is 0 Å². The molecule has 7 atom stereocenters. The molecular weight excluding hydrogens is 276 g/mol. The summed E-state index contributed by atoms with van der Waals surface area (Å²) in [5, 5.41) is 10.1. The number of aliphatic hydroxyl groups is 1. The summed E-state index contributed by atoms with van der Waals surface area (Å²) < 4.78 is 5.83. The van der Waals surface area contributed by atoms with Gasteiger partial charge in [-0.15, -0.1) is 0 Å². The maximum absolute atomic E-state index is 11.8. The van der Waals surface area contributed by atoms with E-state index in [1.807, 2.05) is 0 Å². The number of carbonyl (C=O) groups is 1. The van der Waals surface area contributed by atoms with Crippen molar-refractivity contribution in [2.45, 2.75) is 83.3 Å². The molecule has 3 nitrogen and oxygen atoms in total. The molecule has 3 aliphatic carbocycles. The average Bonchev–Trinajstić information content (AvgIpc) is 2.46. The molecule has 0 aromatic carbocycles. The van der Waals surface area contributed by atoms with Crippen molar-refractivity contribution in [2.75, 3.05) is 0 Å². The molecule has 124 valence electrons. The zero-order chi connectivity index (χ0) is 15.5. The molecule has 0 aromatic heterocycles. The summed E-state index contributed by atoms with van der Waals surface area (Å²) in [6, 6.07) is 0. The number of hydrogen-bond donors (Lipinski definition) is 1. The van der Waals surface area contributed by atoms with Crippen LogP contribution in [0.15, 0.2) is 0 Å². The van der Waals surface area contributed by atoms with Crippen LogP contribution in [-0.2, 0) is 9.53 Å². The Balaban J connectivity index is 1.61. The van der Waals surface area contributed by atoms with Crippen molar-refractivity contribution in [1.82, 2.24) is 0 Å². The van der Waals surface area contributed by atoms with Gasteiger partial charge in [0.05, 0.1) is 6.10 Å². The fraction of sp³-hybridized carbons (Fsp3) is 0.947. The molecule has 0 spiro atoms. The van der Waals surface area contributed by atoms with E-state index in [0.717, 1.165) is 37.5 Å². The monoisotopic (exact) mass is 306 g/mol. The first-order chi connectivity index (χ1) is 10.4. The molecule has 0 aromatic rings. The van der Waals surface area contributed by atoms with Gasteiger partial charge in [0, 0.05) is 12.3 Å². The average molecular weight is 306 g/mol. The zero-order valence-electron chi connectivity index (χ0n) is 14.0.